The van der Waals surface area contributed by atoms with E-state index in [9.17, 15) is 18.0 Å². The Kier molecular flexibility index (Phi) is 4.88. The molecule has 3 nitrogen and oxygen atoms in total. The molecule has 0 spiro atoms. The average Bonchev–Trinajstić information content (AvgIpc) is 2.34. The van der Waals surface area contributed by atoms with E-state index in [2.05, 4.69) is 0 Å². The van der Waals surface area contributed by atoms with E-state index in [4.69, 9.17) is 18.0 Å². The number of nitrogens with zero attached hydrogens (tertiary/aromatic N) is 1. The van der Waals surface area contributed by atoms with Gasteiger partial charge >= 0.3 is 6.18 Å². The molecule has 0 atom stereocenters. The van der Waals surface area contributed by atoms with Crippen molar-refractivity contribution < 1.29 is 18.0 Å². The molecule has 0 bridgehead atoms. The fourth-order valence-corrected chi connectivity index (χ4v) is 1.55. The smallest absolute Gasteiger partial charge is 0.389 e. The molecule has 1 amide bonds. The summed E-state index contributed by atoms with van der Waals surface area (Å²) in [5.74, 6) is -0.597. The first-order valence-electron chi connectivity index (χ1n) is 5.44. The lowest BCUT2D eigenvalue weighted by Crippen LogP contribution is -2.27. The number of carbonyl (C=O) groups is 1. The molecule has 104 valence electrons. The van der Waals surface area contributed by atoms with Crippen LogP contribution in [0.2, 0.25) is 0 Å². The Balaban J connectivity index is 2.69. The van der Waals surface area contributed by atoms with E-state index < -0.39 is 24.9 Å². The molecule has 19 heavy (non-hydrogen) atoms. The molecule has 0 saturated carbocycles. The van der Waals surface area contributed by atoms with Gasteiger partial charge in [0, 0.05) is 24.7 Å². The van der Waals surface area contributed by atoms with Gasteiger partial charge in [0.2, 0.25) is 5.91 Å². The molecule has 1 aromatic carbocycles. The number of carbonyl (C=O) groups excluding carboxylic acids is 1. The van der Waals surface area contributed by atoms with Gasteiger partial charge in [-0.3, -0.25) is 4.79 Å². The molecule has 0 aliphatic carbocycles. The summed E-state index contributed by atoms with van der Waals surface area (Å²) in [5.41, 5.74) is 6.55. The Bertz CT molecular complexity index is 471. The topological polar surface area (TPSA) is 46.3 Å². The Labute approximate surface area is 114 Å². The molecular formula is C12H13F3N2OS. The molecule has 0 unspecified atom stereocenters. The van der Waals surface area contributed by atoms with E-state index in [0.717, 1.165) is 0 Å². The highest BCUT2D eigenvalue weighted by Gasteiger charge is 2.28. The summed E-state index contributed by atoms with van der Waals surface area (Å²) in [5, 5.41) is 0. The van der Waals surface area contributed by atoms with E-state index in [1.807, 2.05) is 0 Å². The fourth-order valence-electron chi connectivity index (χ4n) is 1.41. The van der Waals surface area contributed by atoms with E-state index in [-0.39, 0.29) is 4.99 Å². The van der Waals surface area contributed by atoms with Crippen molar-refractivity contribution >= 4 is 28.8 Å². The quantitative estimate of drug-likeness (QED) is 0.867. The monoisotopic (exact) mass is 290 g/mol. The maximum atomic E-state index is 12.0. The van der Waals surface area contributed by atoms with E-state index in [1.165, 1.54) is 11.9 Å². The molecule has 0 fully saturated rings. The van der Waals surface area contributed by atoms with Gasteiger partial charge in [-0.25, -0.2) is 0 Å². The summed E-state index contributed by atoms with van der Waals surface area (Å²) < 4.78 is 36.1. The maximum Gasteiger partial charge on any atom is 0.389 e. The molecule has 0 aliphatic heterocycles. The van der Waals surface area contributed by atoms with Crippen LogP contribution in [0, 0.1) is 0 Å². The predicted octanol–water partition coefficient (Wildman–Crippen LogP) is 2.63. The second kappa shape index (κ2) is 6.01. The van der Waals surface area contributed by atoms with Gasteiger partial charge in [0.1, 0.15) is 4.99 Å². The first-order valence-corrected chi connectivity index (χ1v) is 5.85. The minimum Gasteiger partial charge on any atom is -0.389 e. The van der Waals surface area contributed by atoms with Crippen molar-refractivity contribution in [1.82, 2.24) is 0 Å². The summed E-state index contributed by atoms with van der Waals surface area (Å²) in [4.78, 5) is 13.0. The summed E-state index contributed by atoms with van der Waals surface area (Å²) >= 11 is 4.78. The van der Waals surface area contributed by atoms with Gasteiger partial charge in [0.25, 0.3) is 0 Å². The zero-order chi connectivity index (χ0) is 14.6. The molecule has 2 N–H and O–H groups in total. The number of anilines is 1. The first-order chi connectivity index (χ1) is 8.70. The Hall–Kier alpha value is -1.63. The van der Waals surface area contributed by atoms with Crippen LogP contribution in [-0.4, -0.2) is 24.1 Å². The zero-order valence-electron chi connectivity index (χ0n) is 10.2. The number of halogens is 3. The van der Waals surface area contributed by atoms with Crippen LogP contribution in [0.15, 0.2) is 24.3 Å². The Morgan fingerprint density at radius 2 is 1.84 bits per heavy atom. The third-order valence-electron chi connectivity index (χ3n) is 2.54. The van der Waals surface area contributed by atoms with Crippen molar-refractivity contribution in [2.45, 2.75) is 19.0 Å². The van der Waals surface area contributed by atoms with Crippen LogP contribution < -0.4 is 10.6 Å². The van der Waals surface area contributed by atoms with Gasteiger partial charge in [-0.05, 0) is 24.3 Å². The number of thiocarbonyl (C=S) groups is 1. The third kappa shape index (κ3) is 4.86. The second-order valence-corrected chi connectivity index (χ2v) is 4.42. The van der Waals surface area contributed by atoms with Crippen LogP contribution in [0.1, 0.15) is 18.4 Å². The molecule has 7 heteroatoms. The molecule has 0 heterocycles. The van der Waals surface area contributed by atoms with Gasteiger partial charge < -0.3 is 10.6 Å². The molecule has 0 saturated heterocycles. The number of hydrogen-bond acceptors (Lipinski definition) is 2. The summed E-state index contributed by atoms with van der Waals surface area (Å²) in [7, 11) is 1.43. The first kappa shape index (κ1) is 15.4. The highest BCUT2D eigenvalue weighted by molar-refractivity contribution is 7.80. The molecule has 0 radical (unpaired) electrons. The molecular weight excluding hydrogens is 277 g/mol. The lowest BCUT2D eigenvalue weighted by molar-refractivity contribution is -0.142. The number of benzene rings is 1. The molecule has 0 aromatic heterocycles. The van der Waals surface area contributed by atoms with Crippen molar-refractivity contribution in [3.63, 3.8) is 0 Å². The Morgan fingerprint density at radius 1 is 1.32 bits per heavy atom. The lowest BCUT2D eigenvalue weighted by atomic mass is 10.2. The van der Waals surface area contributed by atoms with E-state index in [1.54, 1.807) is 24.3 Å². The summed E-state index contributed by atoms with van der Waals surface area (Å²) in [6.45, 7) is 0. The highest BCUT2D eigenvalue weighted by atomic mass is 32.1. The second-order valence-electron chi connectivity index (χ2n) is 3.98. The van der Waals surface area contributed by atoms with Crippen LogP contribution >= 0.6 is 12.2 Å². The Morgan fingerprint density at radius 3 is 2.26 bits per heavy atom. The van der Waals surface area contributed by atoms with Crippen molar-refractivity contribution in [3.8, 4) is 0 Å². The van der Waals surface area contributed by atoms with Crippen molar-refractivity contribution in [2.75, 3.05) is 11.9 Å². The van der Waals surface area contributed by atoms with Gasteiger partial charge in [-0.15, -0.1) is 0 Å². The maximum absolute atomic E-state index is 12.0. The normalized spacial score (nSPS) is 11.2. The lowest BCUT2D eigenvalue weighted by Gasteiger charge is -2.18. The average molecular weight is 290 g/mol. The third-order valence-corrected chi connectivity index (χ3v) is 2.77. The van der Waals surface area contributed by atoms with Gasteiger partial charge in [0.15, 0.2) is 0 Å². The molecule has 0 aliphatic rings. The van der Waals surface area contributed by atoms with E-state index in [0.29, 0.717) is 11.3 Å². The minimum atomic E-state index is -4.33. The summed E-state index contributed by atoms with van der Waals surface area (Å²) in [6, 6.07) is 6.40. The van der Waals surface area contributed by atoms with Crippen LogP contribution in [-0.2, 0) is 4.79 Å². The standard InChI is InChI=1S/C12H13F3N2OS/c1-17(10(18)6-7-12(13,14)15)9-4-2-8(3-5-9)11(16)19/h2-5H,6-7H2,1H3,(H2,16,19). The van der Waals surface area contributed by atoms with Crippen molar-refractivity contribution in [2.24, 2.45) is 5.73 Å². The van der Waals surface area contributed by atoms with Gasteiger partial charge in [-0.2, -0.15) is 13.2 Å². The highest BCUT2D eigenvalue weighted by Crippen LogP contribution is 2.23. The van der Waals surface area contributed by atoms with E-state index >= 15 is 0 Å². The zero-order valence-corrected chi connectivity index (χ0v) is 11.0. The number of alkyl halides is 3. The number of hydrogen-bond donors (Lipinski definition) is 1. The predicted molar refractivity (Wildman–Crippen MR) is 71.0 cm³/mol. The van der Waals surface area contributed by atoms with Crippen molar-refractivity contribution in [3.05, 3.63) is 29.8 Å². The van der Waals surface area contributed by atoms with Crippen LogP contribution in [0.4, 0.5) is 18.9 Å². The van der Waals surface area contributed by atoms with Crippen LogP contribution in [0.3, 0.4) is 0 Å². The van der Waals surface area contributed by atoms with Crippen LogP contribution in [0.5, 0.6) is 0 Å². The van der Waals surface area contributed by atoms with Gasteiger partial charge in [-0.1, -0.05) is 12.2 Å². The largest absolute Gasteiger partial charge is 0.389 e. The number of rotatable bonds is 4. The minimum absolute atomic E-state index is 0.220. The molecule has 1 rings (SSSR count). The number of nitrogens with two attached hydrogens (primary N) is 1. The molecule has 1 aromatic rings. The fraction of sp³-hybridized carbons (Fsp3) is 0.333. The van der Waals surface area contributed by atoms with Crippen LogP contribution in [0.25, 0.3) is 0 Å². The SMILES string of the molecule is CN(C(=O)CCC(F)(F)F)c1ccc(C(N)=S)cc1. The summed E-state index contributed by atoms with van der Waals surface area (Å²) in [6.07, 6.45) is -6.02. The van der Waals surface area contributed by atoms with Gasteiger partial charge in [0.05, 0.1) is 6.42 Å². The van der Waals surface area contributed by atoms with Crippen molar-refractivity contribution in [1.29, 1.82) is 0 Å². The number of amides is 1.